The molecule has 8 heteroatoms. The number of amides is 3. The molecule has 0 aliphatic carbocycles. The van der Waals surface area contributed by atoms with Crippen LogP contribution in [0.25, 0.3) is 0 Å². The summed E-state index contributed by atoms with van der Waals surface area (Å²) in [7, 11) is 5.15. The molecular weight excluding hydrogens is 320 g/mol. The van der Waals surface area contributed by atoms with Crippen molar-refractivity contribution in [2.24, 2.45) is 0 Å². The Morgan fingerprint density at radius 1 is 1.43 bits per heavy atom. The summed E-state index contributed by atoms with van der Waals surface area (Å²) in [5, 5.41) is 5.51. The minimum Gasteiger partial charge on any atom is -1.00 e. The number of nitrogens with zero attached hydrogens (tertiary/aromatic N) is 1. The zero-order valence-electron chi connectivity index (χ0n) is 13.9. The van der Waals surface area contributed by atoms with E-state index in [2.05, 4.69) is 10.6 Å². The smallest absolute Gasteiger partial charge is 0.420 e. The summed E-state index contributed by atoms with van der Waals surface area (Å²) in [5.74, 6) is 0.554. The highest BCUT2D eigenvalue weighted by Gasteiger charge is 2.27. The standard InChI is InChI=1S/C15H24N4O3.ClH/c1-11(17-10-20)7-8-19(2,3)15(21)18-13-9-12(16)5-6-14(13)22-4;/h5-6,9-11H,7-8,16H2,1-4H3,(H-,17,18,20,21);1H. The van der Waals surface area contributed by atoms with Gasteiger partial charge in [-0.1, -0.05) is 0 Å². The van der Waals surface area contributed by atoms with Crippen LogP contribution in [0.3, 0.4) is 0 Å². The molecule has 1 aromatic rings. The molecule has 0 aromatic heterocycles. The first kappa shape index (κ1) is 21.0. The van der Waals surface area contributed by atoms with E-state index in [0.29, 0.717) is 36.5 Å². The van der Waals surface area contributed by atoms with Crippen LogP contribution in [0.5, 0.6) is 5.75 Å². The molecule has 1 atom stereocenters. The first-order chi connectivity index (χ1) is 10.3. The Morgan fingerprint density at radius 3 is 2.65 bits per heavy atom. The molecule has 3 amide bonds. The van der Waals surface area contributed by atoms with Crippen LogP contribution in [0.4, 0.5) is 16.2 Å². The fourth-order valence-electron chi connectivity index (χ4n) is 1.91. The maximum atomic E-state index is 12.5. The molecule has 4 N–H and O–H groups in total. The number of carbonyl (C=O) groups excluding carboxylic acids is 2. The Bertz CT molecular complexity index is 537. The molecule has 0 bridgehead atoms. The van der Waals surface area contributed by atoms with Crippen molar-refractivity contribution in [3.63, 3.8) is 0 Å². The maximum absolute atomic E-state index is 12.5. The van der Waals surface area contributed by atoms with Crippen molar-refractivity contribution in [1.82, 2.24) is 5.32 Å². The second-order valence-corrected chi connectivity index (χ2v) is 5.77. The Hall–Kier alpha value is -1.99. The molecule has 7 nitrogen and oxygen atoms in total. The highest BCUT2D eigenvalue weighted by Crippen LogP contribution is 2.27. The molecule has 130 valence electrons. The number of halogens is 1. The minimum absolute atomic E-state index is 0. The van der Waals surface area contributed by atoms with Crippen LogP contribution >= 0.6 is 0 Å². The van der Waals surface area contributed by atoms with E-state index in [1.807, 2.05) is 21.0 Å². The summed E-state index contributed by atoms with van der Waals surface area (Å²) in [6, 6.07) is 4.92. The first-order valence-corrected chi connectivity index (χ1v) is 7.08. The van der Waals surface area contributed by atoms with Crippen LogP contribution < -0.4 is 33.5 Å². The van der Waals surface area contributed by atoms with Gasteiger partial charge in [-0.05, 0) is 25.1 Å². The average molecular weight is 345 g/mol. The lowest BCUT2D eigenvalue weighted by Crippen LogP contribution is -3.00. The molecule has 0 saturated carbocycles. The van der Waals surface area contributed by atoms with Crippen molar-refractivity contribution in [3.05, 3.63) is 18.2 Å². The van der Waals surface area contributed by atoms with Gasteiger partial charge in [-0.2, -0.15) is 0 Å². The number of hydrogen-bond acceptors (Lipinski definition) is 4. The van der Waals surface area contributed by atoms with E-state index in [1.165, 1.54) is 7.11 Å². The van der Waals surface area contributed by atoms with Crippen LogP contribution in [0.1, 0.15) is 13.3 Å². The molecule has 0 fully saturated rings. The summed E-state index contributed by atoms with van der Waals surface area (Å²) in [4.78, 5) is 22.9. The van der Waals surface area contributed by atoms with E-state index in [9.17, 15) is 9.59 Å². The van der Waals surface area contributed by atoms with E-state index in [0.717, 1.165) is 0 Å². The first-order valence-electron chi connectivity index (χ1n) is 7.08. The zero-order chi connectivity index (χ0) is 16.8. The summed E-state index contributed by atoms with van der Waals surface area (Å²) in [6.45, 7) is 2.48. The van der Waals surface area contributed by atoms with E-state index < -0.39 is 0 Å². The molecular formula is C15H25ClN4O3. The number of nitrogens with two attached hydrogens (primary N) is 1. The second kappa shape index (κ2) is 9.22. The third kappa shape index (κ3) is 6.33. The third-order valence-corrected chi connectivity index (χ3v) is 3.49. The molecule has 0 aliphatic heterocycles. The van der Waals surface area contributed by atoms with Crippen LogP contribution in [0, 0.1) is 0 Å². The molecule has 23 heavy (non-hydrogen) atoms. The molecule has 1 unspecified atom stereocenters. The lowest BCUT2D eigenvalue weighted by molar-refractivity contribution is -0.806. The van der Waals surface area contributed by atoms with Crippen molar-refractivity contribution < 1.29 is 31.2 Å². The number of urea groups is 1. The topological polar surface area (TPSA) is 93.4 Å². The number of rotatable bonds is 7. The predicted molar refractivity (Wildman–Crippen MR) is 86.7 cm³/mol. The number of quaternary nitrogens is 1. The van der Waals surface area contributed by atoms with Gasteiger partial charge in [-0.15, -0.1) is 0 Å². The Kier molecular flexibility index (Phi) is 8.42. The number of benzene rings is 1. The van der Waals surface area contributed by atoms with Crippen LogP contribution in [0.2, 0.25) is 0 Å². The number of methoxy groups -OCH3 is 1. The number of nitrogen functional groups attached to an aromatic ring is 1. The molecule has 1 rings (SSSR count). The van der Waals surface area contributed by atoms with Gasteiger partial charge >= 0.3 is 6.03 Å². The SMILES string of the molecule is COc1ccc(N)cc1NC(=O)[N+](C)(C)CCC(C)NC=O.[Cl-]. The number of hydrogen-bond donors (Lipinski definition) is 3. The molecule has 0 radical (unpaired) electrons. The van der Waals surface area contributed by atoms with Gasteiger partial charge < -0.3 is 28.2 Å². The summed E-state index contributed by atoms with van der Waals surface area (Å²) in [5.41, 5.74) is 6.83. The van der Waals surface area contributed by atoms with Gasteiger partial charge in [0, 0.05) is 18.2 Å². The Balaban J connectivity index is 0.00000484. The van der Waals surface area contributed by atoms with Gasteiger partial charge in [-0.3, -0.25) is 10.1 Å². The number of ether oxygens (including phenoxy) is 1. The second-order valence-electron chi connectivity index (χ2n) is 5.77. The molecule has 0 aliphatic rings. The van der Waals surface area contributed by atoms with Gasteiger partial charge in [0.1, 0.15) is 5.75 Å². The van der Waals surface area contributed by atoms with Gasteiger partial charge in [-0.25, -0.2) is 9.28 Å². The van der Waals surface area contributed by atoms with Gasteiger partial charge in [0.2, 0.25) is 6.41 Å². The fourth-order valence-corrected chi connectivity index (χ4v) is 1.91. The zero-order valence-corrected chi connectivity index (χ0v) is 14.7. The van der Waals surface area contributed by atoms with Crippen LogP contribution in [-0.4, -0.2) is 50.7 Å². The van der Waals surface area contributed by atoms with Crippen LogP contribution in [0.15, 0.2) is 18.2 Å². The summed E-state index contributed by atoms with van der Waals surface area (Å²) in [6.07, 6.45) is 1.36. The van der Waals surface area contributed by atoms with Crippen LogP contribution in [-0.2, 0) is 4.79 Å². The average Bonchev–Trinajstić information content (AvgIpc) is 2.46. The van der Waals surface area contributed by atoms with Gasteiger partial charge in [0.15, 0.2) is 0 Å². The molecule has 0 saturated heterocycles. The normalized spacial score (nSPS) is 11.8. The highest BCUT2D eigenvalue weighted by atomic mass is 35.5. The van der Waals surface area contributed by atoms with Crippen molar-refractivity contribution in [3.8, 4) is 5.75 Å². The predicted octanol–water partition coefficient (Wildman–Crippen LogP) is -1.59. The lowest BCUT2D eigenvalue weighted by atomic mass is 10.2. The van der Waals surface area contributed by atoms with E-state index in [1.54, 1.807) is 18.2 Å². The number of nitrogens with one attached hydrogen (secondary N) is 2. The van der Waals surface area contributed by atoms with Crippen molar-refractivity contribution in [2.45, 2.75) is 19.4 Å². The van der Waals surface area contributed by atoms with E-state index in [4.69, 9.17) is 10.5 Å². The van der Waals surface area contributed by atoms with Gasteiger partial charge in [0.05, 0.1) is 33.4 Å². The minimum atomic E-state index is -0.179. The summed E-state index contributed by atoms with van der Waals surface area (Å²) >= 11 is 0. The lowest BCUT2D eigenvalue weighted by Gasteiger charge is -2.28. The number of carbonyl (C=O) groups is 2. The molecule has 0 spiro atoms. The Labute approximate surface area is 143 Å². The quantitative estimate of drug-likeness (QED) is 0.316. The van der Waals surface area contributed by atoms with Crippen molar-refractivity contribution in [2.75, 3.05) is 38.8 Å². The number of anilines is 2. The van der Waals surface area contributed by atoms with Crippen molar-refractivity contribution in [1.29, 1.82) is 0 Å². The maximum Gasteiger partial charge on any atom is 0.420 e. The van der Waals surface area contributed by atoms with Crippen molar-refractivity contribution >= 4 is 23.8 Å². The fraction of sp³-hybridized carbons (Fsp3) is 0.467. The highest BCUT2D eigenvalue weighted by molar-refractivity contribution is 5.87. The molecule has 0 heterocycles. The third-order valence-electron chi connectivity index (χ3n) is 3.49. The largest absolute Gasteiger partial charge is 1.00 e. The summed E-state index contributed by atoms with van der Waals surface area (Å²) < 4.78 is 5.35. The molecule has 1 aromatic carbocycles. The Morgan fingerprint density at radius 2 is 2.09 bits per heavy atom. The monoisotopic (exact) mass is 344 g/mol. The van der Waals surface area contributed by atoms with E-state index in [-0.39, 0.29) is 29.0 Å². The van der Waals surface area contributed by atoms with E-state index >= 15 is 0 Å². The van der Waals surface area contributed by atoms with Gasteiger partial charge in [0.25, 0.3) is 0 Å².